The zero-order chi connectivity index (χ0) is 17.1. The van der Waals surface area contributed by atoms with Gasteiger partial charge in [-0.15, -0.1) is 11.3 Å². The molecule has 124 valence electrons. The lowest BCUT2D eigenvalue weighted by atomic mass is 10.2. The number of rotatable bonds is 5. The lowest BCUT2D eigenvalue weighted by molar-refractivity contribution is 0.373. The Balaban J connectivity index is 1.81. The van der Waals surface area contributed by atoms with Crippen LogP contribution in [0, 0.1) is 0 Å². The summed E-state index contributed by atoms with van der Waals surface area (Å²) in [5.41, 5.74) is 3.70. The zero-order valence-corrected chi connectivity index (χ0v) is 14.5. The fourth-order valence-electron chi connectivity index (χ4n) is 2.20. The average Bonchev–Trinajstić information content (AvgIpc) is 3.00. The van der Waals surface area contributed by atoms with Crippen LogP contribution in [0.4, 0.5) is 5.82 Å². The molecule has 0 spiro atoms. The number of hydrogen-bond donors (Lipinski definition) is 2. The van der Waals surface area contributed by atoms with Crippen LogP contribution in [-0.2, 0) is 0 Å². The van der Waals surface area contributed by atoms with E-state index >= 15 is 0 Å². The molecule has 0 aliphatic rings. The number of methoxy groups -OCH3 is 1. The van der Waals surface area contributed by atoms with E-state index in [9.17, 15) is 5.11 Å². The molecular formula is C17H18N4O2S. The smallest absolute Gasteiger partial charge is 0.160 e. The molecule has 1 aromatic carbocycles. The van der Waals surface area contributed by atoms with Crippen LogP contribution >= 0.6 is 11.3 Å². The second kappa shape index (κ2) is 6.84. The van der Waals surface area contributed by atoms with Crippen LogP contribution in [0.3, 0.4) is 0 Å². The predicted molar refractivity (Wildman–Crippen MR) is 97.4 cm³/mol. The third kappa shape index (κ3) is 3.30. The van der Waals surface area contributed by atoms with Gasteiger partial charge in [-0.3, -0.25) is 5.43 Å². The zero-order valence-electron chi connectivity index (χ0n) is 13.6. The standard InChI is InChI=1S/C17H18N4O2S/c1-10(2)15-7-12-16(18-9-19-17(12)24-15)21-20-8-11-4-5-14(23-3)13(22)6-11/h4-10,22H,1-3H3,(H,18,19,21)/b20-8+. The van der Waals surface area contributed by atoms with Gasteiger partial charge in [0.1, 0.15) is 11.2 Å². The maximum atomic E-state index is 9.78. The summed E-state index contributed by atoms with van der Waals surface area (Å²) >= 11 is 1.67. The number of hydrazone groups is 1. The number of thiophene rings is 1. The number of ether oxygens (including phenoxy) is 1. The second-order valence-electron chi connectivity index (χ2n) is 5.55. The van der Waals surface area contributed by atoms with Crippen LogP contribution in [0.2, 0.25) is 0 Å². The highest BCUT2D eigenvalue weighted by molar-refractivity contribution is 7.18. The van der Waals surface area contributed by atoms with Crippen molar-refractivity contribution in [2.24, 2.45) is 5.10 Å². The number of aromatic hydroxyl groups is 1. The average molecular weight is 342 g/mol. The maximum absolute atomic E-state index is 9.78. The number of benzene rings is 1. The van der Waals surface area contributed by atoms with Gasteiger partial charge in [-0.05, 0) is 35.7 Å². The van der Waals surface area contributed by atoms with E-state index in [0.717, 1.165) is 15.8 Å². The minimum Gasteiger partial charge on any atom is -0.504 e. The first kappa shape index (κ1) is 16.2. The normalized spacial score (nSPS) is 11.5. The van der Waals surface area contributed by atoms with Gasteiger partial charge < -0.3 is 9.84 Å². The number of nitrogens with zero attached hydrogens (tertiary/aromatic N) is 3. The molecule has 24 heavy (non-hydrogen) atoms. The van der Waals surface area contributed by atoms with Crippen molar-refractivity contribution < 1.29 is 9.84 Å². The number of phenolic OH excluding ortho intramolecular Hbond substituents is 1. The van der Waals surface area contributed by atoms with Crippen LogP contribution < -0.4 is 10.2 Å². The molecule has 0 fully saturated rings. The third-order valence-corrected chi connectivity index (χ3v) is 4.85. The van der Waals surface area contributed by atoms with Gasteiger partial charge in [0.05, 0.1) is 18.7 Å². The van der Waals surface area contributed by atoms with E-state index in [1.165, 1.54) is 18.3 Å². The number of phenols is 1. The molecule has 6 nitrogen and oxygen atoms in total. The largest absolute Gasteiger partial charge is 0.504 e. The summed E-state index contributed by atoms with van der Waals surface area (Å²) in [6.07, 6.45) is 3.14. The molecule has 0 saturated carbocycles. The Morgan fingerprint density at radius 2 is 2.12 bits per heavy atom. The number of anilines is 1. The van der Waals surface area contributed by atoms with Gasteiger partial charge in [-0.1, -0.05) is 13.8 Å². The second-order valence-corrected chi connectivity index (χ2v) is 6.61. The Morgan fingerprint density at radius 1 is 1.29 bits per heavy atom. The minimum atomic E-state index is 0.0743. The van der Waals surface area contributed by atoms with E-state index in [2.05, 4.69) is 40.4 Å². The highest BCUT2D eigenvalue weighted by atomic mass is 32.1. The van der Waals surface area contributed by atoms with Crippen LogP contribution in [0.5, 0.6) is 11.5 Å². The van der Waals surface area contributed by atoms with Crippen molar-refractivity contribution in [3.05, 3.63) is 41.0 Å². The number of aromatic nitrogens is 2. The maximum Gasteiger partial charge on any atom is 0.160 e. The lowest BCUT2D eigenvalue weighted by Gasteiger charge is -2.03. The Hall–Kier alpha value is -2.67. The predicted octanol–water partition coefficient (Wildman–Crippen LogP) is 3.97. The Labute approximate surface area is 143 Å². The molecule has 2 heterocycles. The molecule has 0 aliphatic carbocycles. The summed E-state index contributed by atoms with van der Waals surface area (Å²) in [6.45, 7) is 4.30. The summed E-state index contributed by atoms with van der Waals surface area (Å²) in [4.78, 5) is 10.8. The molecule has 0 saturated heterocycles. The molecule has 0 bridgehead atoms. The third-order valence-electron chi connectivity index (χ3n) is 3.50. The molecule has 3 rings (SSSR count). The molecule has 0 unspecified atom stereocenters. The molecule has 2 aromatic heterocycles. The van der Waals surface area contributed by atoms with Crippen molar-refractivity contribution >= 4 is 33.6 Å². The molecule has 0 amide bonds. The monoisotopic (exact) mass is 342 g/mol. The van der Waals surface area contributed by atoms with E-state index in [0.29, 0.717) is 17.5 Å². The van der Waals surface area contributed by atoms with Gasteiger partial charge in [0.2, 0.25) is 0 Å². The lowest BCUT2D eigenvalue weighted by Crippen LogP contribution is -1.95. The molecule has 2 N–H and O–H groups in total. The van der Waals surface area contributed by atoms with Crippen molar-refractivity contribution in [3.63, 3.8) is 0 Å². The van der Waals surface area contributed by atoms with E-state index in [4.69, 9.17) is 4.74 Å². The van der Waals surface area contributed by atoms with E-state index < -0.39 is 0 Å². The van der Waals surface area contributed by atoms with E-state index in [1.807, 2.05) is 0 Å². The summed E-state index contributed by atoms with van der Waals surface area (Å²) in [6, 6.07) is 7.18. The van der Waals surface area contributed by atoms with Crippen LogP contribution in [-0.4, -0.2) is 28.4 Å². The molecule has 0 radical (unpaired) electrons. The number of nitrogens with one attached hydrogen (secondary N) is 1. The van der Waals surface area contributed by atoms with Crippen LogP contribution in [0.1, 0.15) is 30.2 Å². The summed E-state index contributed by atoms with van der Waals surface area (Å²) in [5.74, 6) is 1.61. The first-order valence-corrected chi connectivity index (χ1v) is 8.30. The van der Waals surface area contributed by atoms with Gasteiger partial charge in [0.15, 0.2) is 17.3 Å². The minimum absolute atomic E-state index is 0.0743. The fraction of sp³-hybridized carbons (Fsp3) is 0.235. The first-order chi connectivity index (χ1) is 11.6. The Morgan fingerprint density at radius 3 is 2.83 bits per heavy atom. The van der Waals surface area contributed by atoms with Gasteiger partial charge >= 0.3 is 0 Å². The highest BCUT2D eigenvalue weighted by Gasteiger charge is 2.10. The summed E-state index contributed by atoms with van der Waals surface area (Å²) in [5, 5.41) is 14.9. The van der Waals surface area contributed by atoms with Crippen molar-refractivity contribution in [2.75, 3.05) is 12.5 Å². The van der Waals surface area contributed by atoms with Gasteiger partial charge in [-0.2, -0.15) is 5.10 Å². The van der Waals surface area contributed by atoms with Gasteiger partial charge in [0.25, 0.3) is 0 Å². The Bertz CT molecular complexity index is 889. The van der Waals surface area contributed by atoms with Gasteiger partial charge in [-0.25, -0.2) is 9.97 Å². The molecule has 0 aliphatic heterocycles. The van der Waals surface area contributed by atoms with Crippen LogP contribution in [0.25, 0.3) is 10.2 Å². The van der Waals surface area contributed by atoms with Gasteiger partial charge in [0, 0.05) is 4.88 Å². The topological polar surface area (TPSA) is 79.6 Å². The van der Waals surface area contributed by atoms with Crippen molar-refractivity contribution in [3.8, 4) is 11.5 Å². The van der Waals surface area contributed by atoms with E-state index in [-0.39, 0.29) is 5.75 Å². The van der Waals surface area contributed by atoms with E-state index in [1.54, 1.807) is 35.8 Å². The quantitative estimate of drug-likeness (QED) is 0.542. The fourth-order valence-corrected chi connectivity index (χ4v) is 3.20. The number of hydrogen-bond acceptors (Lipinski definition) is 7. The SMILES string of the molecule is COc1ccc(/C=N/Nc2ncnc3sc(C(C)C)cc23)cc1O. The Kier molecular flexibility index (Phi) is 4.61. The molecular weight excluding hydrogens is 324 g/mol. The summed E-state index contributed by atoms with van der Waals surface area (Å²) in [7, 11) is 1.51. The number of fused-ring (bicyclic) bond motifs is 1. The first-order valence-electron chi connectivity index (χ1n) is 7.49. The van der Waals surface area contributed by atoms with Crippen LogP contribution in [0.15, 0.2) is 35.7 Å². The van der Waals surface area contributed by atoms with Crippen molar-refractivity contribution in [1.29, 1.82) is 0 Å². The molecule has 3 aromatic rings. The molecule has 0 atom stereocenters. The molecule has 7 heteroatoms. The highest BCUT2D eigenvalue weighted by Crippen LogP contribution is 2.32. The van der Waals surface area contributed by atoms with Crippen molar-refractivity contribution in [1.82, 2.24) is 9.97 Å². The summed E-state index contributed by atoms with van der Waals surface area (Å²) < 4.78 is 5.02. The van der Waals surface area contributed by atoms with Crippen molar-refractivity contribution in [2.45, 2.75) is 19.8 Å².